The molecule has 0 aromatic rings. The summed E-state index contributed by atoms with van der Waals surface area (Å²) in [6.07, 6.45) is 12.4. The molecule has 0 saturated heterocycles. The maximum Gasteiger partial charge on any atom is 0.220 e. The van der Waals surface area contributed by atoms with E-state index in [-0.39, 0.29) is 12.0 Å². The normalized spacial score (nSPS) is 12.3. The van der Waals surface area contributed by atoms with Gasteiger partial charge in [0.1, 0.15) is 0 Å². The molecule has 0 fully saturated rings. The van der Waals surface area contributed by atoms with Crippen molar-refractivity contribution in [3.8, 4) is 0 Å². The van der Waals surface area contributed by atoms with Crippen molar-refractivity contribution >= 4 is 5.91 Å². The summed E-state index contributed by atoms with van der Waals surface area (Å²) in [5.41, 5.74) is 0. The highest BCUT2D eigenvalue weighted by Gasteiger charge is 2.04. The first kappa shape index (κ1) is 19.4. The molecule has 0 aromatic heterocycles. The lowest BCUT2D eigenvalue weighted by atomic mass is 10.1. The molecule has 0 aromatic carbocycles. The van der Waals surface area contributed by atoms with Gasteiger partial charge < -0.3 is 10.1 Å². The van der Waals surface area contributed by atoms with Gasteiger partial charge in [-0.3, -0.25) is 4.79 Å². The molecule has 3 heteroatoms. The first-order valence-electron chi connectivity index (χ1n) is 8.59. The predicted octanol–water partition coefficient (Wildman–Crippen LogP) is 4.45. The summed E-state index contributed by atoms with van der Waals surface area (Å²) < 4.78 is 5.38. The van der Waals surface area contributed by atoms with Gasteiger partial charge in [0.15, 0.2) is 0 Å². The molecule has 0 aliphatic rings. The van der Waals surface area contributed by atoms with Gasteiger partial charge in [0, 0.05) is 19.6 Å². The molecule has 20 heavy (non-hydrogen) atoms. The van der Waals surface area contributed by atoms with E-state index in [1.165, 1.54) is 51.4 Å². The van der Waals surface area contributed by atoms with Gasteiger partial charge in [-0.05, 0) is 20.3 Å². The van der Waals surface area contributed by atoms with E-state index >= 15 is 0 Å². The highest BCUT2D eigenvalue weighted by Crippen LogP contribution is 2.10. The molecule has 120 valence electrons. The van der Waals surface area contributed by atoms with E-state index in [1.807, 2.05) is 13.8 Å². The van der Waals surface area contributed by atoms with Gasteiger partial charge in [0.05, 0.1) is 6.10 Å². The lowest BCUT2D eigenvalue weighted by Gasteiger charge is -2.12. The van der Waals surface area contributed by atoms with Gasteiger partial charge in [-0.2, -0.15) is 0 Å². The number of ether oxygens (including phenoxy) is 1. The van der Waals surface area contributed by atoms with Crippen LogP contribution in [0.5, 0.6) is 0 Å². The topological polar surface area (TPSA) is 38.3 Å². The fourth-order valence-corrected chi connectivity index (χ4v) is 2.29. The molecule has 0 rings (SSSR count). The number of unbranched alkanes of at least 4 members (excludes halogenated alkanes) is 8. The second kappa shape index (κ2) is 14.8. The third-order valence-corrected chi connectivity index (χ3v) is 3.55. The number of nitrogens with one attached hydrogen (secondary N) is 1. The van der Waals surface area contributed by atoms with Crippen molar-refractivity contribution in [2.24, 2.45) is 0 Å². The minimum atomic E-state index is 0.118. The Morgan fingerprint density at radius 2 is 1.50 bits per heavy atom. The largest absolute Gasteiger partial charge is 0.377 e. The molecule has 1 unspecified atom stereocenters. The van der Waals surface area contributed by atoms with Crippen LogP contribution in [0.25, 0.3) is 0 Å². The summed E-state index contributed by atoms with van der Waals surface area (Å²) in [7, 11) is 0. The molecule has 3 nitrogen and oxygen atoms in total. The molecule has 0 aliphatic carbocycles. The molecule has 0 radical (unpaired) electrons. The van der Waals surface area contributed by atoms with Crippen LogP contribution >= 0.6 is 0 Å². The van der Waals surface area contributed by atoms with Crippen molar-refractivity contribution in [2.75, 3.05) is 13.2 Å². The predicted molar refractivity (Wildman–Crippen MR) is 85.9 cm³/mol. The molecular formula is C17H35NO2. The minimum Gasteiger partial charge on any atom is -0.377 e. The van der Waals surface area contributed by atoms with Crippen molar-refractivity contribution in [2.45, 2.75) is 91.1 Å². The smallest absolute Gasteiger partial charge is 0.220 e. The summed E-state index contributed by atoms with van der Waals surface area (Å²) >= 11 is 0. The van der Waals surface area contributed by atoms with Gasteiger partial charge >= 0.3 is 0 Å². The van der Waals surface area contributed by atoms with E-state index in [0.29, 0.717) is 19.6 Å². The monoisotopic (exact) mass is 285 g/mol. The van der Waals surface area contributed by atoms with Gasteiger partial charge in [-0.25, -0.2) is 0 Å². The maximum absolute atomic E-state index is 11.6. The zero-order valence-corrected chi connectivity index (χ0v) is 13.9. The van der Waals surface area contributed by atoms with E-state index in [0.717, 1.165) is 6.42 Å². The Balaban J connectivity index is 3.23. The fourth-order valence-electron chi connectivity index (χ4n) is 2.29. The van der Waals surface area contributed by atoms with Crippen LogP contribution < -0.4 is 5.32 Å². The Bertz CT molecular complexity index is 219. The first-order chi connectivity index (χ1) is 9.70. The maximum atomic E-state index is 11.6. The minimum absolute atomic E-state index is 0.118. The Morgan fingerprint density at radius 1 is 0.950 bits per heavy atom. The fraction of sp³-hybridized carbons (Fsp3) is 0.941. The van der Waals surface area contributed by atoms with Gasteiger partial charge in [-0.1, -0.05) is 58.3 Å². The Hall–Kier alpha value is -0.570. The number of carbonyl (C=O) groups excluding carboxylic acids is 1. The van der Waals surface area contributed by atoms with E-state index in [9.17, 15) is 4.79 Å². The number of amides is 1. The highest BCUT2D eigenvalue weighted by atomic mass is 16.5. The average Bonchev–Trinajstić information content (AvgIpc) is 2.43. The Morgan fingerprint density at radius 3 is 2.05 bits per heavy atom. The number of hydrogen-bond donors (Lipinski definition) is 1. The number of rotatable bonds is 14. The SMILES string of the molecule is CCCCCCCCCCCC(=O)NCC(C)OCC. The molecular weight excluding hydrogens is 250 g/mol. The number of hydrogen-bond acceptors (Lipinski definition) is 2. The third-order valence-electron chi connectivity index (χ3n) is 3.55. The Labute approximate surface area is 125 Å². The quantitative estimate of drug-likeness (QED) is 0.479. The van der Waals surface area contributed by atoms with Gasteiger partial charge in [0.2, 0.25) is 5.91 Å². The van der Waals surface area contributed by atoms with Crippen LogP contribution in [0.2, 0.25) is 0 Å². The zero-order valence-electron chi connectivity index (χ0n) is 13.9. The summed E-state index contributed by atoms with van der Waals surface area (Å²) in [6, 6.07) is 0. The van der Waals surface area contributed by atoms with Crippen LogP contribution in [0.15, 0.2) is 0 Å². The summed E-state index contributed by atoms with van der Waals surface area (Å²) in [6.45, 7) is 7.54. The second-order valence-corrected chi connectivity index (χ2v) is 5.65. The van der Waals surface area contributed by atoms with Crippen LogP contribution in [-0.4, -0.2) is 25.2 Å². The molecule has 0 saturated carbocycles. The standard InChI is InChI=1S/C17H35NO2/c1-4-6-7-8-9-10-11-12-13-14-17(19)18-15-16(3)20-5-2/h16H,4-15H2,1-3H3,(H,18,19). The molecule has 1 atom stereocenters. The van der Waals surface area contributed by atoms with Crippen molar-refractivity contribution < 1.29 is 9.53 Å². The highest BCUT2D eigenvalue weighted by molar-refractivity contribution is 5.75. The van der Waals surface area contributed by atoms with Crippen molar-refractivity contribution in [3.63, 3.8) is 0 Å². The second-order valence-electron chi connectivity index (χ2n) is 5.65. The molecule has 0 spiro atoms. The molecule has 1 amide bonds. The zero-order chi connectivity index (χ0) is 15.1. The van der Waals surface area contributed by atoms with E-state index in [2.05, 4.69) is 12.2 Å². The van der Waals surface area contributed by atoms with Crippen LogP contribution in [-0.2, 0) is 9.53 Å². The molecule has 0 heterocycles. The van der Waals surface area contributed by atoms with Crippen molar-refractivity contribution in [3.05, 3.63) is 0 Å². The molecule has 0 aliphatic heterocycles. The van der Waals surface area contributed by atoms with E-state index < -0.39 is 0 Å². The number of carbonyl (C=O) groups is 1. The van der Waals surface area contributed by atoms with Crippen LogP contribution in [0.1, 0.15) is 85.0 Å². The van der Waals surface area contributed by atoms with Crippen LogP contribution in [0.3, 0.4) is 0 Å². The third kappa shape index (κ3) is 13.9. The van der Waals surface area contributed by atoms with Crippen LogP contribution in [0.4, 0.5) is 0 Å². The molecule has 1 N–H and O–H groups in total. The van der Waals surface area contributed by atoms with Gasteiger partial charge in [-0.15, -0.1) is 0 Å². The summed E-state index contributed by atoms with van der Waals surface area (Å²) in [5, 5.41) is 2.93. The van der Waals surface area contributed by atoms with E-state index in [1.54, 1.807) is 0 Å². The lowest BCUT2D eigenvalue weighted by molar-refractivity contribution is -0.121. The Kier molecular flexibility index (Phi) is 14.4. The van der Waals surface area contributed by atoms with Gasteiger partial charge in [0.25, 0.3) is 0 Å². The lowest BCUT2D eigenvalue weighted by Crippen LogP contribution is -2.31. The molecule has 0 bridgehead atoms. The summed E-state index contributed by atoms with van der Waals surface area (Å²) in [5.74, 6) is 0.166. The van der Waals surface area contributed by atoms with Crippen LogP contribution in [0, 0.1) is 0 Å². The van der Waals surface area contributed by atoms with Crippen molar-refractivity contribution in [1.82, 2.24) is 5.32 Å². The first-order valence-corrected chi connectivity index (χ1v) is 8.59. The van der Waals surface area contributed by atoms with Crippen molar-refractivity contribution in [1.29, 1.82) is 0 Å². The summed E-state index contributed by atoms with van der Waals surface area (Å²) in [4.78, 5) is 11.6. The average molecular weight is 285 g/mol. The van der Waals surface area contributed by atoms with E-state index in [4.69, 9.17) is 4.74 Å².